The first-order valence-corrected chi connectivity index (χ1v) is 9.52. The van der Waals surface area contributed by atoms with Gasteiger partial charge in [0.05, 0.1) is 5.39 Å². The van der Waals surface area contributed by atoms with Gasteiger partial charge < -0.3 is 19.6 Å². The maximum absolute atomic E-state index is 14.6. The van der Waals surface area contributed by atoms with Gasteiger partial charge in [0.2, 0.25) is 0 Å². The number of H-pyrrole nitrogens is 1. The number of rotatable bonds is 5. The Kier molecular flexibility index (Phi) is 4.31. The quantitative estimate of drug-likeness (QED) is 0.521. The van der Waals surface area contributed by atoms with E-state index in [0.717, 1.165) is 24.3 Å². The predicted molar refractivity (Wildman–Crippen MR) is 109 cm³/mol. The maximum Gasteiger partial charge on any atom is 0.263 e. The zero-order valence-corrected chi connectivity index (χ0v) is 15.8. The summed E-state index contributed by atoms with van der Waals surface area (Å²) < 4.78 is 21.9. The van der Waals surface area contributed by atoms with Gasteiger partial charge in [-0.3, -0.25) is 9.59 Å². The van der Waals surface area contributed by atoms with Crippen LogP contribution < -0.4 is 15.6 Å². The summed E-state index contributed by atoms with van der Waals surface area (Å²) in [6.45, 7) is 0. The van der Waals surface area contributed by atoms with Crippen molar-refractivity contribution >= 4 is 22.6 Å². The van der Waals surface area contributed by atoms with Crippen molar-refractivity contribution in [3.05, 3.63) is 82.8 Å². The summed E-state index contributed by atoms with van der Waals surface area (Å²) in [5.41, 5.74) is 0.548. The van der Waals surface area contributed by atoms with Gasteiger partial charge in [0, 0.05) is 36.4 Å². The van der Waals surface area contributed by atoms with Crippen molar-refractivity contribution in [1.29, 1.82) is 0 Å². The van der Waals surface area contributed by atoms with E-state index in [4.69, 9.17) is 4.74 Å². The van der Waals surface area contributed by atoms with Crippen molar-refractivity contribution in [2.75, 3.05) is 5.32 Å². The first kappa shape index (κ1) is 18.1. The minimum atomic E-state index is -0.642. The van der Waals surface area contributed by atoms with Crippen LogP contribution in [0, 0.1) is 5.82 Å². The molecule has 3 aromatic heterocycles. The molecule has 1 saturated carbocycles. The number of fused-ring (bicyclic) bond motifs is 1. The zero-order chi connectivity index (χ0) is 20.7. The number of nitrogens with one attached hydrogen (secondary N) is 2. The van der Waals surface area contributed by atoms with E-state index in [9.17, 15) is 14.0 Å². The number of pyridine rings is 2. The molecule has 0 aliphatic heterocycles. The van der Waals surface area contributed by atoms with Crippen molar-refractivity contribution < 1.29 is 13.9 Å². The topological polar surface area (TPSA) is 89.0 Å². The summed E-state index contributed by atoms with van der Waals surface area (Å²) in [4.78, 5) is 32.2. The Balaban J connectivity index is 1.36. The summed E-state index contributed by atoms with van der Waals surface area (Å²) in [5.74, 6) is -0.748. The molecule has 0 atom stereocenters. The van der Waals surface area contributed by atoms with E-state index >= 15 is 0 Å². The molecule has 7 nitrogen and oxygen atoms in total. The van der Waals surface area contributed by atoms with Crippen LogP contribution >= 0.6 is 0 Å². The van der Waals surface area contributed by atoms with Crippen LogP contribution in [0.3, 0.4) is 0 Å². The van der Waals surface area contributed by atoms with Crippen LogP contribution in [-0.4, -0.2) is 20.4 Å². The third-order valence-corrected chi connectivity index (χ3v) is 4.99. The Morgan fingerprint density at radius 1 is 1.20 bits per heavy atom. The highest BCUT2D eigenvalue weighted by Crippen LogP contribution is 2.33. The fourth-order valence-corrected chi connectivity index (χ4v) is 3.33. The number of hydrogen-bond acceptors (Lipinski definition) is 4. The van der Waals surface area contributed by atoms with E-state index < -0.39 is 11.7 Å². The predicted octanol–water partition coefficient (Wildman–Crippen LogP) is 4.24. The highest BCUT2D eigenvalue weighted by Gasteiger charge is 2.26. The van der Waals surface area contributed by atoms with E-state index in [2.05, 4.69) is 15.3 Å². The molecule has 1 aliphatic rings. The third-order valence-electron chi connectivity index (χ3n) is 4.99. The highest BCUT2D eigenvalue weighted by molar-refractivity contribution is 6.04. The van der Waals surface area contributed by atoms with Crippen LogP contribution in [0.5, 0.6) is 11.5 Å². The fourth-order valence-electron chi connectivity index (χ4n) is 3.33. The van der Waals surface area contributed by atoms with Crippen molar-refractivity contribution in [3.8, 4) is 11.5 Å². The van der Waals surface area contributed by atoms with Crippen LogP contribution in [-0.2, 0) is 0 Å². The smallest absolute Gasteiger partial charge is 0.263 e. The molecule has 1 amide bonds. The van der Waals surface area contributed by atoms with E-state index in [-0.39, 0.29) is 28.6 Å². The number of amides is 1. The molecule has 0 unspecified atom stereocenters. The maximum atomic E-state index is 14.6. The number of halogens is 1. The molecule has 0 radical (unpaired) electrons. The van der Waals surface area contributed by atoms with E-state index in [1.54, 1.807) is 41.4 Å². The van der Waals surface area contributed by atoms with Gasteiger partial charge in [-0.15, -0.1) is 0 Å². The third kappa shape index (κ3) is 3.32. The van der Waals surface area contributed by atoms with Gasteiger partial charge in [-0.1, -0.05) is 0 Å². The number of carbonyl (C=O) groups is 1. The summed E-state index contributed by atoms with van der Waals surface area (Å²) in [5, 5.41) is 3.31. The van der Waals surface area contributed by atoms with Crippen LogP contribution in [0.2, 0.25) is 0 Å². The molecule has 2 N–H and O–H groups in total. The molecule has 0 saturated heterocycles. The molecule has 30 heavy (non-hydrogen) atoms. The molecule has 5 rings (SSSR count). The summed E-state index contributed by atoms with van der Waals surface area (Å²) in [7, 11) is 0. The van der Waals surface area contributed by atoms with Crippen LogP contribution in [0.15, 0.2) is 65.8 Å². The van der Waals surface area contributed by atoms with Gasteiger partial charge >= 0.3 is 0 Å². The number of benzene rings is 1. The standard InChI is InChI=1S/C22H17FN4O3/c23-17-12-13(26-21(28)16-2-1-11-27(22(16)29)14-4-5-14)3-6-19(17)30-18-8-10-25-20-15(18)7-9-24-20/h1-3,6-12,14H,4-5H2,(H,24,25)(H,26,28). The average Bonchev–Trinajstić information content (AvgIpc) is 3.46. The molecule has 1 aromatic carbocycles. The van der Waals surface area contributed by atoms with Gasteiger partial charge in [-0.25, -0.2) is 9.37 Å². The summed E-state index contributed by atoms with van der Waals surface area (Å²) in [6, 6.07) is 10.8. The highest BCUT2D eigenvalue weighted by atomic mass is 19.1. The monoisotopic (exact) mass is 404 g/mol. The molecule has 150 valence electrons. The first-order valence-electron chi connectivity index (χ1n) is 9.52. The van der Waals surface area contributed by atoms with Gasteiger partial charge in [-0.2, -0.15) is 0 Å². The number of anilines is 1. The Morgan fingerprint density at radius 2 is 2.07 bits per heavy atom. The summed E-state index contributed by atoms with van der Waals surface area (Å²) >= 11 is 0. The van der Waals surface area contributed by atoms with Crippen LogP contribution in [0.25, 0.3) is 11.0 Å². The van der Waals surface area contributed by atoms with E-state index in [0.29, 0.717) is 11.4 Å². The largest absolute Gasteiger partial charge is 0.453 e. The Bertz CT molecular complexity index is 1320. The van der Waals surface area contributed by atoms with Gasteiger partial charge in [0.15, 0.2) is 11.6 Å². The van der Waals surface area contributed by atoms with E-state index in [1.165, 1.54) is 18.2 Å². The second-order valence-corrected chi connectivity index (χ2v) is 7.12. The normalized spacial score (nSPS) is 13.4. The van der Waals surface area contributed by atoms with E-state index in [1.807, 2.05) is 0 Å². The molecule has 4 aromatic rings. The second kappa shape index (κ2) is 7.14. The number of nitrogens with zero attached hydrogens (tertiary/aromatic N) is 2. The van der Waals surface area contributed by atoms with Gasteiger partial charge in [0.1, 0.15) is 17.0 Å². The number of aromatic amines is 1. The Hall–Kier alpha value is -3.94. The number of hydrogen-bond donors (Lipinski definition) is 2. The van der Waals surface area contributed by atoms with Gasteiger partial charge in [-0.05, 0) is 49.2 Å². The number of aromatic nitrogens is 3. The molecule has 1 aliphatic carbocycles. The second-order valence-electron chi connectivity index (χ2n) is 7.12. The molecule has 0 spiro atoms. The number of ether oxygens (including phenoxy) is 1. The van der Waals surface area contributed by atoms with Crippen LogP contribution in [0.4, 0.5) is 10.1 Å². The lowest BCUT2D eigenvalue weighted by Gasteiger charge is -2.11. The summed E-state index contributed by atoms with van der Waals surface area (Å²) in [6.07, 6.45) is 6.84. The minimum Gasteiger partial charge on any atom is -0.453 e. The molecule has 3 heterocycles. The van der Waals surface area contributed by atoms with Crippen LogP contribution in [0.1, 0.15) is 29.2 Å². The average molecular weight is 404 g/mol. The SMILES string of the molecule is O=C(Nc1ccc(Oc2ccnc3[nH]ccc23)c(F)c1)c1cccn(C2CC2)c1=O. The fraction of sp³-hybridized carbons (Fsp3) is 0.136. The molecular weight excluding hydrogens is 387 g/mol. The van der Waals surface area contributed by atoms with Crippen molar-refractivity contribution in [3.63, 3.8) is 0 Å². The molecule has 0 bridgehead atoms. The first-order chi connectivity index (χ1) is 14.6. The lowest BCUT2D eigenvalue weighted by Crippen LogP contribution is -2.28. The molecule has 8 heteroatoms. The number of carbonyl (C=O) groups excluding carboxylic acids is 1. The Labute approximate surface area is 170 Å². The lowest BCUT2D eigenvalue weighted by molar-refractivity contribution is 0.102. The minimum absolute atomic E-state index is 0.0116. The lowest BCUT2D eigenvalue weighted by atomic mass is 10.2. The van der Waals surface area contributed by atoms with Crippen molar-refractivity contribution in [2.45, 2.75) is 18.9 Å². The molecule has 1 fully saturated rings. The van der Waals surface area contributed by atoms with Gasteiger partial charge in [0.25, 0.3) is 11.5 Å². The Morgan fingerprint density at radius 3 is 2.87 bits per heavy atom. The van der Waals surface area contributed by atoms with Crippen molar-refractivity contribution in [1.82, 2.24) is 14.5 Å². The molecular formula is C22H17FN4O3. The zero-order valence-electron chi connectivity index (χ0n) is 15.8. The van der Waals surface area contributed by atoms with Crippen molar-refractivity contribution in [2.24, 2.45) is 0 Å².